The molecule has 3 rings (SSSR count). The second-order valence-electron chi connectivity index (χ2n) is 6.11. The second kappa shape index (κ2) is 9.69. The van der Waals surface area contributed by atoms with Gasteiger partial charge in [-0.25, -0.2) is 0 Å². The first-order valence-corrected chi connectivity index (χ1v) is 9.68. The number of hydrogen-bond donors (Lipinski definition) is 1. The molecule has 0 spiro atoms. The van der Waals surface area contributed by atoms with Crippen molar-refractivity contribution < 1.29 is 14.3 Å². The average Bonchev–Trinajstić information content (AvgIpc) is 3.21. The zero-order valence-electron chi connectivity index (χ0n) is 14.9. The monoisotopic (exact) mass is 379 g/mol. The molecule has 2 aromatic carbocycles. The van der Waals surface area contributed by atoms with Gasteiger partial charge in [0.1, 0.15) is 0 Å². The van der Waals surface area contributed by atoms with E-state index in [0.29, 0.717) is 6.42 Å². The van der Waals surface area contributed by atoms with Crippen LogP contribution in [0.4, 0.5) is 5.69 Å². The molecule has 0 radical (unpaired) electrons. The zero-order chi connectivity index (χ0) is 18.9. The number of carbonyl (C=O) groups is 2. The summed E-state index contributed by atoms with van der Waals surface area (Å²) in [5.74, 6) is -0.698. The highest BCUT2D eigenvalue weighted by Gasteiger charge is 2.11. The molecule has 0 aliphatic rings. The van der Waals surface area contributed by atoms with E-state index < -0.39 is 0 Å². The lowest BCUT2D eigenvalue weighted by molar-refractivity contribution is -0.147. The number of carbonyl (C=O) groups excluding carboxylic acids is 2. The molecule has 0 aliphatic heterocycles. The van der Waals surface area contributed by atoms with Gasteiger partial charge in [-0.15, -0.1) is 11.3 Å². The average molecular weight is 379 g/mol. The van der Waals surface area contributed by atoms with Crippen LogP contribution in [0, 0.1) is 0 Å². The predicted octanol–water partition coefficient (Wildman–Crippen LogP) is 4.45. The molecule has 1 amide bonds. The lowest BCUT2D eigenvalue weighted by atomic mass is 10.0. The third kappa shape index (κ3) is 6.08. The number of thiophene rings is 1. The topological polar surface area (TPSA) is 55.4 Å². The summed E-state index contributed by atoms with van der Waals surface area (Å²) >= 11 is 1.61. The summed E-state index contributed by atoms with van der Waals surface area (Å²) in [6.07, 6.45) is 1.63. The highest BCUT2D eigenvalue weighted by atomic mass is 32.1. The van der Waals surface area contributed by atoms with Crippen LogP contribution in [-0.4, -0.2) is 18.5 Å². The summed E-state index contributed by atoms with van der Waals surface area (Å²) in [5, 5.41) is 4.81. The smallest absolute Gasteiger partial charge is 0.306 e. The number of aryl methyl sites for hydroxylation is 1. The molecule has 0 saturated heterocycles. The first kappa shape index (κ1) is 18.9. The van der Waals surface area contributed by atoms with Crippen LogP contribution in [0.25, 0.3) is 0 Å². The van der Waals surface area contributed by atoms with E-state index in [1.165, 1.54) is 5.56 Å². The van der Waals surface area contributed by atoms with Gasteiger partial charge in [-0.2, -0.15) is 0 Å². The largest absolute Gasteiger partial charge is 0.456 e. The zero-order valence-corrected chi connectivity index (χ0v) is 15.7. The second-order valence-corrected chi connectivity index (χ2v) is 7.14. The highest BCUT2D eigenvalue weighted by molar-refractivity contribution is 7.09. The fourth-order valence-electron chi connectivity index (χ4n) is 2.70. The van der Waals surface area contributed by atoms with E-state index in [9.17, 15) is 9.59 Å². The van der Waals surface area contributed by atoms with Crippen molar-refractivity contribution in [2.24, 2.45) is 0 Å². The van der Waals surface area contributed by atoms with Gasteiger partial charge in [0.15, 0.2) is 6.61 Å². The van der Waals surface area contributed by atoms with E-state index in [0.717, 1.165) is 22.5 Å². The highest BCUT2D eigenvalue weighted by Crippen LogP contribution is 2.19. The van der Waals surface area contributed by atoms with Gasteiger partial charge in [-0.05, 0) is 41.5 Å². The fraction of sp³-hybridized carbons (Fsp3) is 0.182. The molecular weight excluding hydrogens is 358 g/mol. The van der Waals surface area contributed by atoms with E-state index in [-0.39, 0.29) is 24.9 Å². The Kier molecular flexibility index (Phi) is 6.77. The van der Waals surface area contributed by atoms with Crippen LogP contribution in [-0.2, 0) is 27.2 Å². The van der Waals surface area contributed by atoms with Gasteiger partial charge >= 0.3 is 5.97 Å². The van der Waals surface area contributed by atoms with Gasteiger partial charge in [0, 0.05) is 10.6 Å². The number of rotatable bonds is 8. The Bertz CT molecular complexity index is 876. The maximum atomic E-state index is 12.2. The maximum absolute atomic E-state index is 12.2. The normalized spacial score (nSPS) is 10.4. The molecule has 1 aromatic heterocycles. The number of hydrogen-bond acceptors (Lipinski definition) is 4. The van der Waals surface area contributed by atoms with Gasteiger partial charge < -0.3 is 10.1 Å². The van der Waals surface area contributed by atoms with Crippen molar-refractivity contribution in [1.29, 1.82) is 0 Å². The summed E-state index contributed by atoms with van der Waals surface area (Å²) in [7, 11) is 0. The Morgan fingerprint density at radius 1 is 0.926 bits per heavy atom. The molecule has 0 aliphatic carbocycles. The minimum Gasteiger partial charge on any atom is -0.456 e. The van der Waals surface area contributed by atoms with E-state index in [1.807, 2.05) is 72.1 Å². The van der Waals surface area contributed by atoms with Crippen LogP contribution >= 0.6 is 11.3 Å². The van der Waals surface area contributed by atoms with E-state index in [4.69, 9.17) is 4.74 Å². The van der Waals surface area contributed by atoms with Crippen molar-refractivity contribution in [2.75, 3.05) is 11.9 Å². The molecule has 0 atom stereocenters. The van der Waals surface area contributed by atoms with Crippen molar-refractivity contribution in [3.05, 3.63) is 88.1 Å². The number of amides is 1. The predicted molar refractivity (Wildman–Crippen MR) is 108 cm³/mol. The molecule has 0 fully saturated rings. The molecule has 1 N–H and O–H groups in total. The summed E-state index contributed by atoms with van der Waals surface area (Å²) in [5.41, 5.74) is 2.92. The van der Waals surface area contributed by atoms with Gasteiger partial charge in [0.2, 0.25) is 0 Å². The van der Waals surface area contributed by atoms with E-state index >= 15 is 0 Å². The summed E-state index contributed by atoms with van der Waals surface area (Å²) in [6.45, 7) is -0.275. The van der Waals surface area contributed by atoms with Crippen LogP contribution < -0.4 is 5.32 Å². The third-order valence-corrected chi connectivity index (χ3v) is 4.98. The minimum atomic E-state index is -0.365. The van der Waals surface area contributed by atoms with E-state index in [1.54, 1.807) is 11.3 Å². The summed E-state index contributed by atoms with van der Waals surface area (Å²) in [6, 6.07) is 21.6. The standard InChI is InChI=1S/C22H21NO3S/c24-21(16-26-22(25)13-12-19-10-6-14-27-19)23-20-11-5-4-9-18(20)15-17-7-2-1-3-8-17/h1-11,14H,12-13,15-16H2,(H,23,24). The van der Waals surface area contributed by atoms with Crippen LogP contribution in [0.2, 0.25) is 0 Å². The number of ether oxygens (including phenoxy) is 1. The lowest BCUT2D eigenvalue weighted by Crippen LogP contribution is -2.21. The Balaban J connectivity index is 1.49. The Morgan fingerprint density at radius 2 is 1.70 bits per heavy atom. The summed E-state index contributed by atoms with van der Waals surface area (Å²) in [4.78, 5) is 25.1. The molecule has 4 nitrogen and oxygen atoms in total. The molecule has 5 heteroatoms. The first-order chi connectivity index (χ1) is 13.2. The van der Waals surface area contributed by atoms with Crippen LogP contribution in [0.3, 0.4) is 0 Å². The van der Waals surface area contributed by atoms with Crippen LogP contribution in [0.5, 0.6) is 0 Å². The molecule has 0 unspecified atom stereocenters. The molecule has 0 saturated carbocycles. The lowest BCUT2D eigenvalue weighted by Gasteiger charge is -2.11. The van der Waals surface area contributed by atoms with Gasteiger partial charge in [-0.3, -0.25) is 9.59 Å². The van der Waals surface area contributed by atoms with Crippen molar-refractivity contribution in [1.82, 2.24) is 0 Å². The van der Waals surface area contributed by atoms with Crippen molar-refractivity contribution in [3.63, 3.8) is 0 Å². The molecule has 27 heavy (non-hydrogen) atoms. The van der Waals surface area contributed by atoms with E-state index in [2.05, 4.69) is 5.32 Å². The van der Waals surface area contributed by atoms with Gasteiger partial charge in [-0.1, -0.05) is 54.6 Å². The number of para-hydroxylation sites is 1. The Morgan fingerprint density at radius 3 is 2.48 bits per heavy atom. The number of benzene rings is 2. The van der Waals surface area contributed by atoms with Crippen molar-refractivity contribution in [2.45, 2.75) is 19.3 Å². The van der Waals surface area contributed by atoms with Gasteiger partial charge in [0.25, 0.3) is 5.91 Å². The maximum Gasteiger partial charge on any atom is 0.306 e. The number of esters is 1. The SMILES string of the molecule is O=C(COC(=O)CCc1cccs1)Nc1ccccc1Cc1ccccc1. The van der Waals surface area contributed by atoms with Crippen molar-refractivity contribution in [3.8, 4) is 0 Å². The molecule has 0 bridgehead atoms. The minimum absolute atomic E-state index is 0.275. The Labute approximate surface area is 162 Å². The molecule has 138 valence electrons. The van der Waals surface area contributed by atoms with Crippen LogP contribution in [0.1, 0.15) is 22.4 Å². The first-order valence-electron chi connectivity index (χ1n) is 8.80. The third-order valence-electron chi connectivity index (χ3n) is 4.05. The quantitative estimate of drug-likeness (QED) is 0.588. The molecule has 1 heterocycles. The molecule has 3 aromatic rings. The number of nitrogens with one attached hydrogen (secondary N) is 1. The van der Waals surface area contributed by atoms with Crippen molar-refractivity contribution >= 4 is 28.9 Å². The number of anilines is 1. The summed E-state index contributed by atoms with van der Waals surface area (Å²) < 4.78 is 5.09. The van der Waals surface area contributed by atoms with Crippen LogP contribution in [0.15, 0.2) is 72.1 Å². The Hall–Kier alpha value is -2.92. The van der Waals surface area contributed by atoms with Gasteiger partial charge in [0.05, 0.1) is 6.42 Å². The molecular formula is C22H21NO3S. The fourth-order valence-corrected chi connectivity index (χ4v) is 3.41.